The van der Waals surface area contributed by atoms with Gasteiger partial charge in [-0.05, 0) is 58.6 Å². The minimum atomic E-state index is 0.185. The van der Waals surface area contributed by atoms with Crippen LogP contribution in [0, 0.1) is 12.3 Å². The summed E-state index contributed by atoms with van der Waals surface area (Å²) in [7, 11) is 0. The summed E-state index contributed by atoms with van der Waals surface area (Å²) in [5, 5.41) is 3.50. The molecule has 3 heteroatoms. The second kappa shape index (κ2) is 6.66. The molecule has 0 aromatic carbocycles. The van der Waals surface area contributed by atoms with Crippen molar-refractivity contribution in [1.82, 2.24) is 15.3 Å². The first kappa shape index (κ1) is 17.1. The smallest absolute Gasteiger partial charge is 0.128 e. The summed E-state index contributed by atoms with van der Waals surface area (Å²) in [6, 6.07) is 2.11. The van der Waals surface area contributed by atoms with Crippen LogP contribution in [0.25, 0.3) is 0 Å². The van der Waals surface area contributed by atoms with E-state index in [4.69, 9.17) is 4.98 Å². The Morgan fingerprint density at radius 1 is 1.05 bits per heavy atom. The second-order valence-corrected chi connectivity index (χ2v) is 7.93. The Kier molecular flexibility index (Phi) is 5.69. The maximum atomic E-state index is 4.71. The quantitative estimate of drug-likeness (QED) is 0.834. The molecule has 114 valence electrons. The zero-order chi connectivity index (χ0) is 15.4. The third-order valence-corrected chi connectivity index (χ3v) is 2.90. The first-order chi connectivity index (χ1) is 9.05. The van der Waals surface area contributed by atoms with Crippen LogP contribution in [0.15, 0.2) is 6.07 Å². The Labute approximate surface area is 124 Å². The van der Waals surface area contributed by atoms with Crippen molar-refractivity contribution in [1.29, 1.82) is 0 Å². The van der Waals surface area contributed by atoms with E-state index in [1.165, 1.54) is 5.69 Å². The molecule has 1 rings (SSSR count). The minimum absolute atomic E-state index is 0.185. The van der Waals surface area contributed by atoms with E-state index in [9.17, 15) is 0 Å². The maximum Gasteiger partial charge on any atom is 0.128 e. The molecule has 1 aromatic rings. The number of aryl methyl sites for hydroxylation is 2. The fraction of sp³-hybridized carbons (Fsp3) is 0.765. The Hall–Kier alpha value is -0.960. The molecule has 0 aliphatic heterocycles. The van der Waals surface area contributed by atoms with E-state index >= 15 is 0 Å². The lowest BCUT2D eigenvalue weighted by Crippen LogP contribution is -2.36. The lowest BCUT2D eigenvalue weighted by atomic mass is 9.90. The van der Waals surface area contributed by atoms with Crippen LogP contribution in [0.4, 0.5) is 0 Å². The topological polar surface area (TPSA) is 37.8 Å². The van der Waals surface area contributed by atoms with Crippen molar-refractivity contribution in [3.05, 3.63) is 23.3 Å². The van der Waals surface area contributed by atoms with E-state index in [-0.39, 0.29) is 11.0 Å². The van der Waals surface area contributed by atoms with Crippen molar-refractivity contribution in [2.45, 2.75) is 73.3 Å². The Morgan fingerprint density at radius 3 is 2.25 bits per heavy atom. The second-order valence-electron chi connectivity index (χ2n) is 7.93. The number of hydrogen-bond acceptors (Lipinski definition) is 3. The van der Waals surface area contributed by atoms with Crippen molar-refractivity contribution in [3.63, 3.8) is 0 Å². The SMILES string of the molecule is Cc1cc(CC(C)(C)C)nc(CCCNC(C)(C)C)n1. The number of hydrogen-bond donors (Lipinski definition) is 1. The summed E-state index contributed by atoms with van der Waals surface area (Å²) < 4.78 is 0. The summed E-state index contributed by atoms with van der Waals surface area (Å²) in [6.45, 7) is 16.4. The van der Waals surface area contributed by atoms with Crippen LogP contribution in [0.3, 0.4) is 0 Å². The Bertz CT molecular complexity index is 425. The number of nitrogens with one attached hydrogen (secondary N) is 1. The zero-order valence-corrected chi connectivity index (χ0v) is 14.3. The molecule has 0 aliphatic rings. The Balaban J connectivity index is 2.58. The Morgan fingerprint density at radius 2 is 1.70 bits per heavy atom. The van der Waals surface area contributed by atoms with Gasteiger partial charge in [-0.2, -0.15) is 0 Å². The van der Waals surface area contributed by atoms with Gasteiger partial charge in [0.05, 0.1) is 0 Å². The molecular weight excluding hydrogens is 246 g/mol. The molecule has 0 amide bonds. The van der Waals surface area contributed by atoms with E-state index in [0.717, 1.165) is 37.3 Å². The molecule has 0 radical (unpaired) electrons. The fourth-order valence-corrected chi connectivity index (χ4v) is 2.16. The molecule has 0 saturated heterocycles. The van der Waals surface area contributed by atoms with Gasteiger partial charge < -0.3 is 5.32 Å². The van der Waals surface area contributed by atoms with Gasteiger partial charge in [-0.25, -0.2) is 9.97 Å². The van der Waals surface area contributed by atoms with Crippen LogP contribution in [0.1, 0.15) is 65.2 Å². The molecule has 3 nitrogen and oxygen atoms in total. The highest BCUT2D eigenvalue weighted by molar-refractivity contribution is 5.11. The fourth-order valence-electron chi connectivity index (χ4n) is 2.16. The monoisotopic (exact) mass is 277 g/mol. The first-order valence-electron chi connectivity index (χ1n) is 7.64. The molecule has 0 fully saturated rings. The van der Waals surface area contributed by atoms with Gasteiger partial charge in [0.2, 0.25) is 0 Å². The standard InChI is InChI=1S/C17H31N3/c1-13-11-14(12-16(2,3)4)20-15(19-13)9-8-10-18-17(5,6)7/h11,18H,8-10,12H2,1-7H3. The summed E-state index contributed by atoms with van der Waals surface area (Å²) in [6.07, 6.45) is 3.03. The van der Waals surface area contributed by atoms with Gasteiger partial charge in [-0.3, -0.25) is 0 Å². The van der Waals surface area contributed by atoms with Gasteiger partial charge in [0.25, 0.3) is 0 Å². The van der Waals surface area contributed by atoms with E-state index in [2.05, 4.69) is 64.8 Å². The normalized spacial score (nSPS) is 12.8. The molecule has 0 spiro atoms. The van der Waals surface area contributed by atoms with Crippen molar-refractivity contribution in [2.24, 2.45) is 5.41 Å². The molecular formula is C17H31N3. The highest BCUT2D eigenvalue weighted by Crippen LogP contribution is 2.19. The molecule has 20 heavy (non-hydrogen) atoms. The van der Waals surface area contributed by atoms with Crippen LogP contribution in [-0.4, -0.2) is 22.1 Å². The van der Waals surface area contributed by atoms with Crippen molar-refractivity contribution in [2.75, 3.05) is 6.54 Å². The van der Waals surface area contributed by atoms with E-state index in [0.29, 0.717) is 0 Å². The highest BCUT2D eigenvalue weighted by atomic mass is 14.9. The summed E-state index contributed by atoms with van der Waals surface area (Å²) in [5.74, 6) is 0.986. The van der Waals surface area contributed by atoms with Crippen LogP contribution < -0.4 is 5.32 Å². The van der Waals surface area contributed by atoms with E-state index in [1.54, 1.807) is 0 Å². The number of rotatable bonds is 5. The number of aromatic nitrogens is 2. The van der Waals surface area contributed by atoms with Gasteiger partial charge in [0.15, 0.2) is 0 Å². The van der Waals surface area contributed by atoms with Crippen molar-refractivity contribution in [3.8, 4) is 0 Å². The molecule has 1 N–H and O–H groups in total. The molecule has 0 bridgehead atoms. The van der Waals surface area contributed by atoms with Gasteiger partial charge in [-0.1, -0.05) is 20.8 Å². The molecule has 0 unspecified atom stereocenters. The lowest BCUT2D eigenvalue weighted by Gasteiger charge is -2.20. The zero-order valence-electron chi connectivity index (χ0n) is 14.3. The molecule has 0 aliphatic carbocycles. The van der Waals surface area contributed by atoms with Gasteiger partial charge >= 0.3 is 0 Å². The van der Waals surface area contributed by atoms with Gasteiger partial charge in [0, 0.05) is 23.3 Å². The van der Waals surface area contributed by atoms with Crippen LogP contribution in [0.2, 0.25) is 0 Å². The van der Waals surface area contributed by atoms with Crippen LogP contribution in [0.5, 0.6) is 0 Å². The molecule has 0 saturated carbocycles. The third-order valence-electron chi connectivity index (χ3n) is 2.90. The average molecular weight is 277 g/mol. The highest BCUT2D eigenvalue weighted by Gasteiger charge is 2.14. The maximum absolute atomic E-state index is 4.71. The molecule has 0 atom stereocenters. The first-order valence-corrected chi connectivity index (χ1v) is 7.64. The van der Waals surface area contributed by atoms with Gasteiger partial charge in [0.1, 0.15) is 5.82 Å². The largest absolute Gasteiger partial charge is 0.312 e. The predicted molar refractivity (Wildman–Crippen MR) is 86.0 cm³/mol. The van der Waals surface area contributed by atoms with Crippen LogP contribution >= 0.6 is 0 Å². The lowest BCUT2D eigenvalue weighted by molar-refractivity contribution is 0.404. The molecule has 1 heterocycles. The predicted octanol–water partition coefficient (Wildman–Crippen LogP) is 3.69. The third kappa shape index (κ3) is 7.59. The average Bonchev–Trinajstić information content (AvgIpc) is 2.19. The number of nitrogens with zero attached hydrogens (tertiary/aromatic N) is 2. The summed E-state index contributed by atoms with van der Waals surface area (Å²) in [4.78, 5) is 9.27. The van der Waals surface area contributed by atoms with E-state index in [1.807, 2.05) is 0 Å². The van der Waals surface area contributed by atoms with Crippen molar-refractivity contribution < 1.29 is 0 Å². The summed E-state index contributed by atoms with van der Waals surface area (Å²) in [5.41, 5.74) is 2.71. The van der Waals surface area contributed by atoms with Crippen LogP contribution in [-0.2, 0) is 12.8 Å². The van der Waals surface area contributed by atoms with Crippen molar-refractivity contribution >= 4 is 0 Å². The summed E-state index contributed by atoms with van der Waals surface area (Å²) >= 11 is 0. The van der Waals surface area contributed by atoms with Gasteiger partial charge in [-0.15, -0.1) is 0 Å². The molecule has 1 aromatic heterocycles. The minimum Gasteiger partial charge on any atom is -0.312 e. The van der Waals surface area contributed by atoms with E-state index < -0.39 is 0 Å².